The topological polar surface area (TPSA) is 26.5 Å². The van der Waals surface area contributed by atoms with Crippen LogP contribution < -0.4 is 5.43 Å². The average molecular weight is 121 g/mol. The highest BCUT2D eigenvalue weighted by Gasteiger charge is 2.24. The molecule has 0 amide bonds. The van der Waals surface area contributed by atoms with E-state index in [1.165, 1.54) is 12.8 Å². The second-order valence-corrected chi connectivity index (χ2v) is 2.53. The van der Waals surface area contributed by atoms with Gasteiger partial charge < -0.3 is 0 Å². The molecule has 2 atom stereocenters. The second kappa shape index (κ2) is 1.87. The van der Waals surface area contributed by atoms with Crippen LogP contribution >= 0.6 is 0 Å². The lowest BCUT2D eigenvalue weighted by molar-refractivity contribution is 0.473. The Balaban J connectivity index is 2.17. The smallest absolute Gasteiger partial charge is 0.0828 e. The van der Waals surface area contributed by atoms with E-state index in [1.54, 1.807) is 0 Å². The van der Waals surface area contributed by atoms with Crippen molar-refractivity contribution in [2.24, 2.45) is 11.0 Å². The van der Waals surface area contributed by atoms with Crippen molar-refractivity contribution in [3.63, 3.8) is 0 Å². The normalized spacial score (nSPS) is 38.2. The van der Waals surface area contributed by atoms with E-state index in [0.717, 1.165) is 0 Å². The van der Waals surface area contributed by atoms with Gasteiger partial charge in [-0.15, -0.1) is 0 Å². The molecule has 2 heteroatoms. The molecule has 1 heterocycles. The summed E-state index contributed by atoms with van der Waals surface area (Å²) in [6, 6.07) is 0.481. The van der Waals surface area contributed by atoms with Crippen molar-refractivity contribution in [2.75, 3.05) is 0 Å². The minimum atomic E-state index is 0.481. The third-order valence-electron chi connectivity index (χ3n) is 1.89. The van der Waals surface area contributed by atoms with Crippen LogP contribution in [-0.2, 0) is 0 Å². The van der Waals surface area contributed by atoms with E-state index in [1.807, 2.05) is 6.21 Å². The zero-order chi connectivity index (χ0) is 6.10. The molecule has 1 radical (unpaired) electrons. The van der Waals surface area contributed by atoms with Gasteiger partial charge in [0.05, 0.1) is 6.04 Å². The Morgan fingerprint density at radius 1 is 1.44 bits per heavy atom. The van der Waals surface area contributed by atoms with Crippen molar-refractivity contribution in [3.8, 4) is 0 Å². The first-order chi connectivity index (χ1) is 4.47. The van der Waals surface area contributed by atoms with E-state index >= 15 is 0 Å². The molecule has 2 aliphatic rings. The van der Waals surface area contributed by atoms with Crippen molar-refractivity contribution in [2.45, 2.75) is 18.9 Å². The van der Waals surface area contributed by atoms with E-state index in [2.05, 4.69) is 22.7 Å². The quantitative estimate of drug-likeness (QED) is 0.426. The summed E-state index contributed by atoms with van der Waals surface area (Å²) in [4.78, 5) is 0. The fourth-order valence-electron chi connectivity index (χ4n) is 1.33. The molecule has 0 bridgehead atoms. The third kappa shape index (κ3) is 0.745. The minimum Gasteiger partial charge on any atom is -0.185 e. The van der Waals surface area contributed by atoms with E-state index in [0.29, 0.717) is 12.0 Å². The predicted octanol–water partition coefficient (Wildman–Crippen LogP) is 0.925. The molecule has 0 saturated carbocycles. The molecule has 0 spiro atoms. The largest absolute Gasteiger partial charge is 0.185 e. The molecule has 2 rings (SSSR count). The van der Waals surface area contributed by atoms with Crippen LogP contribution in [0.4, 0.5) is 0 Å². The van der Waals surface area contributed by atoms with Crippen molar-refractivity contribution in [3.05, 3.63) is 12.2 Å². The molecule has 9 heavy (non-hydrogen) atoms. The predicted molar refractivity (Wildman–Crippen MR) is 36.3 cm³/mol. The van der Waals surface area contributed by atoms with Gasteiger partial charge in [0.2, 0.25) is 0 Å². The summed E-state index contributed by atoms with van der Waals surface area (Å²) in [5.74, 6) is 0.527. The number of hydrogen-bond acceptors (Lipinski definition) is 1. The third-order valence-corrected chi connectivity index (χ3v) is 1.89. The van der Waals surface area contributed by atoms with Gasteiger partial charge >= 0.3 is 0 Å². The summed E-state index contributed by atoms with van der Waals surface area (Å²) in [6.45, 7) is 0. The second-order valence-electron chi connectivity index (χ2n) is 2.53. The van der Waals surface area contributed by atoms with Crippen LogP contribution in [0.3, 0.4) is 0 Å². The Kier molecular flexibility index (Phi) is 1.04. The molecular weight excluding hydrogens is 112 g/mol. The van der Waals surface area contributed by atoms with Crippen molar-refractivity contribution >= 4 is 6.21 Å². The molecule has 2 unspecified atom stereocenters. The summed E-state index contributed by atoms with van der Waals surface area (Å²) in [5.41, 5.74) is 4.08. The standard InChI is InChI=1S/C7H9N2/c1-2-4-7-6(3-1)5-8-9-7/h1,3,5-7H,2,4H2. The Bertz CT molecular complexity index is 160. The van der Waals surface area contributed by atoms with Crippen LogP contribution in [-0.4, -0.2) is 12.3 Å². The number of fused-ring (bicyclic) bond motifs is 1. The van der Waals surface area contributed by atoms with Crippen molar-refractivity contribution in [1.82, 2.24) is 5.43 Å². The lowest BCUT2D eigenvalue weighted by Crippen LogP contribution is -2.23. The highest BCUT2D eigenvalue weighted by atomic mass is 15.3. The van der Waals surface area contributed by atoms with E-state index in [-0.39, 0.29) is 0 Å². The van der Waals surface area contributed by atoms with Gasteiger partial charge in [-0.05, 0) is 12.8 Å². The van der Waals surface area contributed by atoms with Gasteiger partial charge in [-0.3, -0.25) is 0 Å². The van der Waals surface area contributed by atoms with Gasteiger partial charge in [-0.2, -0.15) is 10.5 Å². The lowest BCUT2D eigenvalue weighted by atomic mass is 9.93. The molecule has 0 aromatic rings. The van der Waals surface area contributed by atoms with Crippen LogP contribution in [0.15, 0.2) is 17.3 Å². The Morgan fingerprint density at radius 2 is 2.44 bits per heavy atom. The van der Waals surface area contributed by atoms with E-state index < -0.39 is 0 Å². The molecule has 1 aliphatic carbocycles. The van der Waals surface area contributed by atoms with Crippen molar-refractivity contribution < 1.29 is 0 Å². The first-order valence-corrected chi connectivity index (χ1v) is 3.37. The Labute approximate surface area is 54.6 Å². The van der Waals surface area contributed by atoms with Crippen LogP contribution in [0.25, 0.3) is 0 Å². The first kappa shape index (κ1) is 5.03. The summed E-state index contributed by atoms with van der Waals surface area (Å²) in [6.07, 6.45) is 8.71. The molecule has 0 fully saturated rings. The highest BCUT2D eigenvalue weighted by molar-refractivity contribution is 5.66. The zero-order valence-electron chi connectivity index (χ0n) is 5.20. The molecule has 0 aromatic heterocycles. The van der Waals surface area contributed by atoms with Crippen LogP contribution in [0.1, 0.15) is 12.8 Å². The SMILES string of the molecule is C1=CC2C=N[N]C2CC1. The van der Waals surface area contributed by atoms with Gasteiger partial charge in [-0.1, -0.05) is 12.2 Å². The maximum atomic E-state index is 4.08. The van der Waals surface area contributed by atoms with Crippen molar-refractivity contribution in [1.29, 1.82) is 0 Å². The van der Waals surface area contributed by atoms with Gasteiger partial charge in [0.15, 0.2) is 0 Å². The highest BCUT2D eigenvalue weighted by Crippen LogP contribution is 2.20. The van der Waals surface area contributed by atoms with Gasteiger partial charge in [0, 0.05) is 12.1 Å². The first-order valence-electron chi connectivity index (χ1n) is 3.37. The fourth-order valence-corrected chi connectivity index (χ4v) is 1.33. The average Bonchev–Trinajstić information content (AvgIpc) is 2.33. The number of nitrogens with zero attached hydrogens (tertiary/aromatic N) is 2. The van der Waals surface area contributed by atoms with Crippen LogP contribution in [0.2, 0.25) is 0 Å². The molecule has 1 aliphatic heterocycles. The summed E-state index contributed by atoms with van der Waals surface area (Å²) < 4.78 is 0. The maximum Gasteiger partial charge on any atom is 0.0828 e. The lowest BCUT2D eigenvalue weighted by Gasteiger charge is -2.15. The Hall–Kier alpha value is -0.790. The molecule has 0 saturated heterocycles. The van der Waals surface area contributed by atoms with Gasteiger partial charge in [-0.25, -0.2) is 0 Å². The van der Waals surface area contributed by atoms with E-state index in [9.17, 15) is 0 Å². The van der Waals surface area contributed by atoms with Gasteiger partial charge in [0.25, 0.3) is 0 Å². The zero-order valence-corrected chi connectivity index (χ0v) is 5.20. The van der Waals surface area contributed by atoms with Crippen LogP contribution in [0.5, 0.6) is 0 Å². The number of allylic oxidation sites excluding steroid dienone is 1. The molecule has 0 aromatic carbocycles. The number of rotatable bonds is 0. The fraction of sp³-hybridized carbons (Fsp3) is 0.571. The number of hydrogen-bond donors (Lipinski definition) is 0. The molecule has 2 nitrogen and oxygen atoms in total. The monoisotopic (exact) mass is 121 g/mol. The Morgan fingerprint density at radius 3 is 3.33 bits per heavy atom. The van der Waals surface area contributed by atoms with E-state index in [4.69, 9.17) is 0 Å². The minimum absolute atomic E-state index is 0.481. The summed E-state index contributed by atoms with van der Waals surface area (Å²) in [5, 5.41) is 3.88. The summed E-state index contributed by atoms with van der Waals surface area (Å²) in [7, 11) is 0. The summed E-state index contributed by atoms with van der Waals surface area (Å²) >= 11 is 0. The molecule has 0 N–H and O–H groups in total. The molecule has 47 valence electrons. The van der Waals surface area contributed by atoms with Gasteiger partial charge in [0.1, 0.15) is 0 Å². The van der Waals surface area contributed by atoms with Crippen LogP contribution in [0, 0.1) is 5.92 Å². The molecular formula is C7H9N2. The maximum absolute atomic E-state index is 4.08.